The number of anilines is 1. The first-order valence-electron chi connectivity index (χ1n) is 11.9. The smallest absolute Gasteiger partial charge is 0.273 e. The number of rotatable bonds is 7. The molecule has 0 bridgehead atoms. The van der Waals surface area contributed by atoms with Crippen molar-refractivity contribution >= 4 is 22.8 Å². The molecular formula is C25H28FN7O2. The van der Waals surface area contributed by atoms with Gasteiger partial charge < -0.3 is 20.5 Å². The number of aryl methyl sites for hydroxylation is 1. The maximum absolute atomic E-state index is 15.0. The summed E-state index contributed by atoms with van der Waals surface area (Å²) in [4.78, 5) is 16.7. The average Bonchev–Trinajstić information content (AvgIpc) is 3.52. The number of fused-ring (bicyclic) bond motifs is 1. The fourth-order valence-electron chi connectivity index (χ4n) is 4.42. The lowest BCUT2D eigenvalue weighted by atomic mass is 9.98. The van der Waals surface area contributed by atoms with Crippen LogP contribution in [0.2, 0.25) is 0 Å². The van der Waals surface area contributed by atoms with E-state index in [0.29, 0.717) is 40.8 Å². The van der Waals surface area contributed by atoms with E-state index in [2.05, 4.69) is 43.2 Å². The normalized spacial score (nSPS) is 18.0. The van der Waals surface area contributed by atoms with Crippen molar-refractivity contribution < 1.29 is 13.7 Å². The summed E-state index contributed by atoms with van der Waals surface area (Å²) in [7, 11) is 0. The molecule has 0 spiro atoms. The van der Waals surface area contributed by atoms with Gasteiger partial charge in [-0.2, -0.15) is 5.10 Å². The van der Waals surface area contributed by atoms with Crippen molar-refractivity contribution in [3.8, 4) is 11.1 Å². The number of nitrogens with zero attached hydrogens (tertiary/aromatic N) is 3. The molecule has 3 aromatic heterocycles. The van der Waals surface area contributed by atoms with Crippen molar-refractivity contribution in [2.24, 2.45) is 0 Å². The Morgan fingerprint density at radius 2 is 2.17 bits per heavy atom. The summed E-state index contributed by atoms with van der Waals surface area (Å²) in [6.07, 6.45) is 4.46. The number of H-pyrrole nitrogens is 1. The number of hydrogen-bond donors (Lipinski definition) is 4. The van der Waals surface area contributed by atoms with Gasteiger partial charge in [-0.25, -0.2) is 9.37 Å². The third-order valence-electron chi connectivity index (χ3n) is 6.49. The molecule has 0 radical (unpaired) electrons. The fraction of sp³-hybridized carbons (Fsp3) is 0.360. The molecule has 0 aliphatic carbocycles. The Morgan fingerprint density at radius 3 is 2.94 bits per heavy atom. The second-order valence-corrected chi connectivity index (χ2v) is 8.81. The number of carbonyl (C=O) groups is 1. The van der Waals surface area contributed by atoms with Gasteiger partial charge in [-0.15, -0.1) is 0 Å². The molecule has 10 heteroatoms. The van der Waals surface area contributed by atoms with Gasteiger partial charge in [0.2, 0.25) is 0 Å². The Morgan fingerprint density at radius 1 is 1.29 bits per heavy atom. The van der Waals surface area contributed by atoms with E-state index < -0.39 is 11.7 Å². The van der Waals surface area contributed by atoms with Crippen molar-refractivity contribution in [2.45, 2.75) is 51.7 Å². The summed E-state index contributed by atoms with van der Waals surface area (Å²) in [5.41, 5.74) is 2.72. The number of piperidine rings is 1. The van der Waals surface area contributed by atoms with Gasteiger partial charge >= 0.3 is 0 Å². The molecular weight excluding hydrogens is 449 g/mol. The maximum atomic E-state index is 15.0. The van der Waals surface area contributed by atoms with Crippen LogP contribution in [-0.4, -0.2) is 44.9 Å². The number of aromatic amines is 1. The van der Waals surface area contributed by atoms with E-state index in [1.54, 1.807) is 18.3 Å². The second kappa shape index (κ2) is 9.83. The van der Waals surface area contributed by atoms with Crippen molar-refractivity contribution in [2.75, 3.05) is 11.9 Å². The highest BCUT2D eigenvalue weighted by atomic mass is 19.1. The van der Waals surface area contributed by atoms with Crippen LogP contribution in [0.1, 0.15) is 48.5 Å². The zero-order chi connectivity index (χ0) is 24.4. The highest BCUT2D eigenvalue weighted by molar-refractivity contribution is 6.00. The fourth-order valence-corrected chi connectivity index (χ4v) is 4.42. The predicted molar refractivity (Wildman–Crippen MR) is 130 cm³/mol. The van der Waals surface area contributed by atoms with E-state index in [4.69, 9.17) is 4.52 Å². The molecule has 1 fully saturated rings. The van der Waals surface area contributed by atoms with Gasteiger partial charge in [-0.3, -0.25) is 9.89 Å². The molecule has 1 amide bonds. The van der Waals surface area contributed by atoms with Gasteiger partial charge in [0, 0.05) is 42.9 Å². The zero-order valence-electron chi connectivity index (χ0n) is 19.7. The molecule has 35 heavy (non-hydrogen) atoms. The van der Waals surface area contributed by atoms with Crippen LogP contribution in [0.25, 0.3) is 22.2 Å². The summed E-state index contributed by atoms with van der Waals surface area (Å²) in [6, 6.07) is 8.99. The molecule has 4 aromatic rings. The van der Waals surface area contributed by atoms with Crippen LogP contribution in [0.3, 0.4) is 0 Å². The molecule has 2 atom stereocenters. The van der Waals surface area contributed by atoms with Crippen LogP contribution >= 0.6 is 0 Å². The number of amides is 1. The molecule has 1 aliphatic rings. The lowest BCUT2D eigenvalue weighted by Crippen LogP contribution is -2.46. The van der Waals surface area contributed by atoms with Crippen LogP contribution < -0.4 is 16.0 Å². The minimum Gasteiger partial charge on any atom is -0.364 e. The molecule has 9 nitrogen and oxygen atoms in total. The molecule has 0 saturated carbocycles. The predicted octanol–water partition coefficient (Wildman–Crippen LogP) is 3.80. The summed E-state index contributed by atoms with van der Waals surface area (Å²) in [5, 5.41) is 21.7. The van der Waals surface area contributed by atoms with E-state index >= 15 is 4.39 Å². The number of benzene rings is 1. The summed E-state index contributed by atoms with van der Waals surface area (Å²) in [5.74, 6) is 0.509. The van der Waals surface area contributed by atoms with Gasteiger partial charge in [-0.1, -0.05) is 24.2 Å². The largest absolute Gasteiger partial charge is 0.364 e. The van der Waals surface area contributed by atoms with E-state index in [1.807, 2.05) is 19.1 Å². The molecule has 5 rings (SSSR count). The molecule has 1 aliphatic heterocycles. The number of carbonyl (C=O) groups excluding carboxylic acids is 1. The van der Waals surface area contributed by atoms with Crippen molar-refractivity contribution in [3.63, 3.8) is 0 Å². The summed E-state index contributed by atoms with van der Waals surface area (Å²) < 4.78 is 20.1. The number of halogens is 1. The Labute approximate surface area is 201 Å². The first-order chi connectivity index (χ1) is 17.0. The third kappa shape index (κ3) is 4.74. The molecule has 4 heterocycles. The van der Waals surface area contributed by atoms with Crippen LogP contribution in [0, 0.1) is 5.82 Å². The minimum absolute atomic E-state index is 0.0378. The van der Waals surface area contributed by atoms with Gasteiger partial charge in [0.25, 0.3) is 5.91 Å². The second-order valence-electron chi connectivity index (χ2n) is 8.81. The number of pyridine rings is 1. The highest BCUT2D eigenvalue weighted by Gasteiger charge is 2.23. The third-order valence-corrected chi connectivity index (χ3v) is 6.49. The number of nitrogens with one attached hydrogen (secondary N) is 4. The molecule has 1 aromatic carbocycles. The van der Waals surface area contributed by atoms with Gasteiger partial charge in [0.15, 0.2) is 17.2 Å². The van der Waals surface area contributed by atoms with E-state index in [-0.39, 0.29) is 18.3 Å². The maximum Gasteiger partial charge on any atom is 0.273 e. The van der Waals surface area contributed by atoms with Crippen LogP contribution in [0.15, 0.2) is 41.1 Å². The van der Waals surface area contributed by atoms with Gasteiger partial charge in [0.1, 0.15) is 11.6 Å². The Hall–Kier alpha value is -3.79. The first-order valence-corrected chi connectivity index (χ1v) is 11.9. The first kappa shape index (κ1) is 23.0. The van der Waals surface area contributed by atoms with Gasteiger partial charge in [0.05, 0.1) is 5.39 Å². The van der Waals surface area contributed by atoms with Crippen LogP contribution in [-0.2, 0) is 13.0 Å². The molecule has 4 N–H and O–H groups in total. The average molecular weight is 478 g/mol. The lowest BCUT2D eigenvalue weighted by Gasteiger charge is -2.30. The van der Waals surface area contributed by atoms with E-state index in [9.17, 15) is 4.79 Å². The summed E-state index contributed by atoms with van der Waals surface area (Å²) in [6.45, 7) is 5.11. The van der Waals surface area contributed by atoms with Crippen molar-refractivity contribution in [1.82, 2.24) is 31.0 Å². The van der Waals surface area contributed by atoms with Crippen molar-refractivity contribution in [1.29, 1.82) is 0 Å². The number of hydrogen-bond acceptors (Lipinski definition) is 7. The Kier molecular flexibility index (Phi) is 6.45. The zero-order valence-corrected chi connectivity index (χ0v) is 19.7. The highest BCUT2D eigenvalue weighted by Crippen LogP contribution is 2.33. The Bertz CT molecular complexity index is 1350. The standard InChI is InChI=1S/C25H28FN7O2/c1-3-17-12-21(33-35-17)25(34)29-13-16-7-6-15(11-19(16)26)18-8-10-28-23-22(18)24(32-31-23)30-20-5-4-9-27-14(20)2/h6-8,10-12,14,20,27H,3-5,9,13H2,1-2H3,(H,29,34)(H2,28,30,31,32)/t14-,20-/m1/s1. The van der Waals surface area contributed by atoms with Crippen molar-refractivity contribution in [3.05, 3.63) is 59.4 Å². The topological polar surface area (TPSA) is 121 Å². The van der Waals surface area contributed by atoms with E-state index in [0.717, 1.165) is 30.3 Å². The van der Waals surface area contributed by atoms with Crippen LogP contribution in [0.4, 0.5) is 10.2 Å². The monoisotopic (exact) mass is 477 g/mol. The minimum atomic E-state index is -0.412. The molecule has 0 unspecified atom stereocenters. The quantitative estimate of drug-likeness (QED) is 0.320. The molecule has 182 valence electrons. The molecule has 1 saturated heterocycles. The van der Waals surface area contributed by atoms with Gasteiger partial charge in [-0.05, 0) is 49.6 Å². The number of aromatic nitrogens is 4. The lowest BCUT2D eigenvalue weighted by molar-refractivity contribution is 0.0941. The SMILES string of the molecule is CCc1cc(C(=O)NCc2ccc(-c3ccnc4[nH]nc(N[C@@H]5CCCN[C@@H]5C)c34)cc2F)no1. The van der Waals surface area contributed by atoms with Crippen LogP contribution in [0.5, 0.6) is 0 Å². The van der Waals surface area contributed by atoms with E-state index in [1.165, 1.54) is 6.07 Å². The summed E-state index contributed by atoms with van der Waals surface area (Å²) >= 11 is 0. The Balaban J connectivity index is 1.36.